The van der Waals surface area contributed by atoms with Crippen LogP contribution in [0.2, 0.25) is 0 Å². The van der Waals surface area contributed by atoms with Crippen molar-refractivity contribution in [1.29, 1.82) is 0 Å². The number of nitrogens with zero attached hydrogens (tertiary/aromatic N) is 1. The third kappa shape index (κ3) is 4.68. The van der Waals surface area contributed by atoms with E-state index in [1.165, 1.54) is 18.3 Å². The van der Waals surface area contributed by atoms with Crippen molar-refractivity contribution in [1.82, 2.24) is 0 Å². The number of carbonyl (C=O) groups is 1. The number of halogens is 3. The second-order valence-corrected chi connectivity index (χ2v) is 4.96. The number of benzene rings is 2. The summed E-state index contributed by atoms with van der Waals surface area (Å²) >= 11 is 0. The Morgan fingerprint density at radius 1 is 1.12 bits per heavy atom. The van der Waals surface area contributed by atoms with Gasteiger partial charge in [-0.2, -0.15) is 13.2 Å². The molecular formula is C18H16F3NO2. The van der Waals surface area contributed by atoms with Crippen molar-refractivity contribution in [3.8, 4) is 0 Å². The molecule has 0 heterocycles. The third-order valence-corrected chi connectivity index (χ3v) is 3.24. The Hall–Kier alpha value is -2.63. The van der Waals surface area contributed by atoms with Crippen molar-refractivity contribution in [2.75, 3.05) is 6.61 Å². The largest absolute Gasteiger partial charge is 0.464 e. The van der Waals surface area contributed by atoms with E-state index in [2.05, 4.69) is 4.99 Å². The van der Waals surface area contributed by atoms with Gasteiger partial charge in [0.1, 0.15) is 0 Å². The summed E-state index contributed by atoms with van der Waals surface area (Å²) < 4.78 is 42.7. The third-order valence-electron chi connectivity index (χ3n) is 3.24. The molecule has 24 heavy (non-hydrogen) atoms. The molecule has 126 valence electrons. The molecule has 1 atom stereocenters. The first kappa shape index (κ1) is 17.7. The maximum Gasteiger partial charge on any atom is 0.416 e. The monoisotopic (exact) mass is 335 g/mol. The Kier molecular flexibility index (Phi) is 5.73. The fourth-order valence-electron chi connectivity index (χ4n) is 2.06. The molecule has 0 saturated heterocycles. The molecule has 2 rings (SSSR count). The standard InChI is InChI=1S/C18H16F3NO2/c1-2-24-17(23)16(14-6-4-3-5-7-14)22-12-13-8-10-15(11-9-13)18(19,20)21/h3-12,16H,2H2,1H3. The van der Waals surface area contributed by atoms with Crippen LogP contribution < -0.4 is 0 Å². The Morgan fingerprint density at radius 3 is 2.29 bits per heavy atom. The lowest BCUT2D eigenvalue weighted by Crippen LogP contribution is -2.14. The number of ether oxygens (including phenoxy) is 1. The maximum atomic E-state index is 12.6. The van der Waals surface area contributed by atoms with Gasteiger partial charge < -0.3 is 4.74 Å². The molecular weight excluding hydrogens is 319 g/mol. The van der Waals surface area contributed by atoms with Gasteiger partial charge in [0, 0.05) is 6.21 Å². The van der Waals surface area contributed by atoms with Gasteiger partial charge in [-0.25, -0.2) is 4.79 Å². The van der Waals surface area contributed by atoms with E-state index in [1.54, 1.807) is 31.2 Å². The highest BCUT2D eigenvalue weighted by atomic mass is 19.4. The predicted molar refractivity (Wildman–Crippen MR) is 84.9 cm³/mol. The van der Waals surface area contributed by atoms with Crippen molar-refractivity contribution in [3.63, 3.8) is 0 Å². The summed E-state index contributed by atoms with van der Waals surface area (Å²) in [4.78, 5) is 16.3. The maximum absolute atomic E-state index is 12.6. The van der Waals surface area contributed by atoms with Crippen molar-refractivity contribution < 1.29 is 22.7 Å². The fraction of sp³-hybridized carbons (Fsp3) is 0.222. The average Bonchev–Trinajstić information content (AvgIpc) is 2.56. The van der Waals surface area contributed by atoms with Gasteiger partial charge in [0.2, 0.25) is 0 Å². The lowest BCUT2D eigenvalue weighted by Gasteiger charge is -2.11. The number of hydrogen-bond donors (Lipinski definition) is 0. The summed E-state index contributed by atoms with van der Waals surface area (Å²) in [7, 11) is 0. The topological polar surface area (TPSA) is 38.7 Å². The molecule has 3 nitrogen and oxygen atoms in total. The first-order chi connectivity index (χ1) is 11.4. The van der Waals surface area contributed by atoms with Gasteiger partial charge in [-0.3, -0.25) is 4.99 Å². The second-order valence-electron chi connectivity index (χ2n) is 4.96. The van der Waals surface area contributed by atoms with Gasteiger partial charge in [0.25, 0.3) is 0 Å². The normalized spacial score (nSPS) is 13.0. The van der Waals surface area contributed by atoms with E-state index in [0.29, 0.717) is 11.1 Å². The first-order valence-corrected chi connectivity index (χ1v) is 7.34. The molecule has 2 aromatic carbocycles. The predicted octanol–water partition coefficient (Wildman–Crippen LogP) is 4.43. The molecule has 0 amide bonds. The number of hydrogen-bond acceptors (Lipinski definition) is 3. The highest BCUT2D eigenvalue weighted by Gasteiger charge is 2.29. The van der Waals surface area contributed by atoms with E-state index in [1.807, 2.05) is 6.07 Å². The molecule has 0 aliphatic heterocycles. The van der Waals surface area contributed by atoms with Gasteiger partial charge >= 0.3 is 12.1 Å². The summed E-state index contributed by atoms with van der Waals surface area (Å²) in [6.07, 6.45) is -3.01. The molecule has 0 aromatic heterocycles. The highest BCUT2D eigenvalue weighted by molar-refractivity contribution is 5.84. The van der Waals surface area contributed by atoms with Crippen LogP contribution in [0.4, 0.5) is 13.2 Å². The number of aliphatic imine (C=N–C) groups is 1. The van der Waals surface area contributed by atoms with Crippen molar-refractivity contribution in [2.45, 2.75) is 19.1 Å². The van der Waals surface area contributed by atoms with E-state index >= 15 is 0 Å². The van der Waals surface area contributed by atoms with Crippen LogP contribution in [0.5, 0.6) is 0 Å². The molecule has 6 heteroatoms. The molecule has 0 aliphatic rings. The molecule has 2 aromatic rings. The lowest BCUT2D eigenvalue weighted by molar-refractivity contribution is -0.144. The van der Waals surface area contributed by atoms with E-state index in [-0.39, 0.29) is 6.61 Å². The SMILES string of the molecule is CCOC(=O)C(N=Cc1ccc(C(F)(F)F)cc1)c1ccccc1. The fourth-order valence-corrected chi connectivity index (χ4v) is 2.06. The van der Waals surface area contributed by atoms with Gasteiger partial charge in [-0.1, -0.05) is 42.5 Å². The Balaban J connectivity index is 2.22. The number of carbonyl (C=O) groups excluding carboxylic acids is 1. The van der Waals surface area contributed by atoms with Crippen molar-refractivity contribution in [3.05, 3.63) is 71.3 Å². The van der Waals surface area contributed by atoms with Gasteiger partial charge in [-0.05, 0) is 30.2 Å². The molecule has 0 N–H and O–H groups in total. The van der Waals surface area contributed by atoms with Crippen molar-refractivity contribution >= 4 is 12.2 Å². The van der Waals surface area contributed by atoms with Gasteiger partial charge in [0.15, 0.2) is 6.04 Å². The number of esters is 1. The summed E-state index contributed by atoms with van der Waals surface area (Å²) in [5.74, 6) is -0.508. The molecule has 1 unspecified atom stereocenters. The Bertz CT molecular complexity index is 694. The Morgan fingerprint density at radius 2 is 1.75 bits per heavy atom. The summed E-state index contributed by atoms with van der Waals surface area (Å²) in [5.41, 5.74) is 0.386. The van der Waals surface area contributed by atoms with Gasteiger partial charge in [0.05, 0.1) is 12.2 Å². The molecule has 0 fully saturated rings. The van der Waals surface area contributed by atoms with Crippen LogP contribution in [-0.4, -0.2) is 18.8 Å². The van der Waals surface area contributed by atoms with E-state index in [0.717, 1.165) is 12.1 Å². The number of rotatable bonds is 5. The van der Waals surface area contributed by atoms with Crippen molar-refractivity contribution in [2.24, 2.45) is 4.99 Å². The van der Waals surface area contributed by atoms with E-state index in [4.69, 9.17) is 4.74 Å². The number of alkyl halides is 3. The summed E-state index contributed by atoms with van der Waals surface area (Å²) in [6, 6.07) is 12.5. The molecule has 0 spiro atoms. The smallest absolute Gasteiger partial charge is 0.416 e. The van der Waals surface area contributed by atoms with Crippen LogP contribution in [0.3, 0.4) is 0 Å². The van der Waals surface area contributed by atoms with E-state index in [9.17, 15) is 18.0 Å². The minimum atomic E-state index is -4.38. The van der Waals surface area contributed by atoms with Gasteiger partial charge in [-0.15, -0.1) is 0 Å². The van der Waals surface area contributed by atoms with Crippen LogP contribution in [-0.2, 0) is 15.7 Å². The lowest BCUT2D eigenvalue weighted by atomic mass is 10.1. The first-order valence-electron chi connectivity index (χ1n) is 7.34. The Labute approximate surface area is 137 Å². The quantitative estimate of drug-likeness (QED) is 0.599. The molecule has 0 saturated carbocycles. The molecule has 0 radical (unpaired) electrons. The highest BCUT2D eigenvalue weighted by Crippen LogP contribution is 2.29. The summed E-state index contributed by atoms with van der Waals surface area (Å²) in [5, 5.41) is 0. The zero-order valence-corrected chi connectivity index (χ0v) is 13.0. The second kappa shape index (κ2) is 7.77. The minimum Gasteiger partial charge on any atom is -0.464 e. The molecule has 0 bridgehead atoms. The zero-order valence-electron chi connectivity index (χ0n) is 13.0. The average molecular weight is 335 g/mol. The summed E-state index contributed by atoms with van der Waals surface area (Å²) in [6.45, 7) is 1.91. The van der Waals surface area contributed by atoms with Crippen LogP contribution in [0.25, 0.3) is 0 Å². The van der Waals surface area contributed by atoms with E-state index < -0.39 is 23.8 Å². The zero-order chi connectivity index (χ0) is 17.6. The van der Waals surface area contributed by atoms with Crippen LogP contribution in [0.1, 0.15) is 29.7 Å². The minimum absolute atomic E-state index is 0.220. The van der Waals surface area contributed by atoms with Crippen LogP contribution in [0, 0.1) is 0 Å². The molecule has 0 aliphatic carbocycles. The van der Waals surface area contributed by atoms with Crippen LogP contribution in [0.15, 0.2) is 59.6 Å². The van der Waals surface area contributed by atoms with Crippen LogP contribution >= 0.6 is 0 Å².